The van der Waals surface area contributed by atoms with E-state index in [0.29, 0.717) is 6.54 Å². The zero-order valence-electron chi connectivity index (χ0n) is 8.88. The Balaban J connectivity index is 2.00. The second-order valence-electron chi connectivity index (χ2n) is 3.49. The molecule has 7 heteroatoms. The molecule has 5 nitrogen and oxygen atoms in total. The van der Waals surface area contributed by atoms with E-state index in [1.807, 2.05) is 10.8 Å². The maximum Gasteiger partial charge on any atom is 0.287 e. The molecule has 0 saturated heterocycles. The van der Waals surface area contributed by atoms with E-state index in [4.69, 9.17) is 23.2 Å². The largest absolute Gasteiger partial charge is 0.337 e. The second kappa shape index (κ2) is 5.33. The maximum absolute atomic E-state index is 11.6. The van der Waals surface area contributed by atoms with Gasteiger partial charge in [-0.15, -0.1) is 0 Å². The summed E-state index contributed by atoms with van der Waals surface area (Å²) >= 11 is 11.4. The highest BCUT2D eigenvalue weighted by Crippen LogP contribution is 2.14. The van der Waals surface area contributed by atoms with E-state index in [1.54, 1.807) is 12.5 Å². The van der Waals surface area contributed by atoms with Gasteiger partial charge in [0.05, 0.1) is 17.5 Å². The molecule has 0 fully saturated rings. The third-order valence-corrected chi connectivity index (χ3v) is 3.04. The molecule has 0 aliphatic rings. The van der Waals surface area contributed by atoms with Gasteiger partial charge in [-0.1, -0.05) is 23.2 Å². The first-order chi connectivity index (χ1) is 8.18. The van der Waals surface area contributed by atoms with Crippen LogP contribution >= 0.6 is 23.2 Å². The number of imidazole rings is 1. The summed E-state index contributed by atoms with van der Waals surface area (Å²) in [6.07, 6.45) is 7.45. The minimum Gasteiger partial charge on any atom is -0.337 e. The molecule has 0 atom stereocenters. The van der Waals surface area contributed by atoms with Gasteiger partial charge in [0, 0.05) is 25.5 Å². The van der Waals surface area contributed by atoms with Crippen LogP contribution in [0.3, 0.4) is 0 Å². The smallest absolute Gasteiger partial charge is 0.287 e. The van der Waals surface area contributed by atoms with Crippen molar-refractivity contribution in [1.29, 1.82) is 0 Å². The Morgan fingerprint density at radius 1 is 1.29 bits per heavy atom. The van der Waals surface area contributed by atoms with E-state index in [-0.39, 0.29) is 15.6 Å². The number of hydrogen-bond donors (Lipinski definition) is 0. The topological polar surface area (TPSA) is 52.7 Å². The van der Waals surface area contributed by atoms with Crippen molar-refractivity contribution in [3.05, 3.63) is 45.3 Å². The summed E-state index contributed by atoms with van der Waals surface area (Å²) in [5.41, 5.74) is -0.357. The highest BCUT2D eigenvalue weighted by atomic mass is 35.5. The summed E-state index contributed by atoms with van der Waals surface area (Å²) in [4.78, 5) is 15.6. The van der Waals surface area contributed by atoms with Crippen LogP contribution in [0.25, 0.3) is 0 Å². The van der Waals surface area contributed by atoms with Gasteiger partial charge in [-0.2, -0.15) is 5.10 Å². The van der Waals surface area contributed by atoms with Crippen LogP contribution in [0.1, 0.15) is 6.42 Å². The second-order valence-corrected chi connectivity index (χ2v) is 4.27. The van der Waals surface area contributed by atoms with Crippen molar-refractivity contribution in [2.75, 3.05) is 0 Å². The molecule has 0 spiro atoms. The van der Waals surface area contributed by atoms with Crippen LogP contribution in [-0.2, 0) is 13.1 Å². The Kier molecular flexibility index (Phi) is 3.81. The molecular formula is C10H10Cl2N4O. The van der Waals surface area contributed by atoms with Crippen LogP contribution in [0.5, 0.6) is 0 Å². The van der Waals surface area contributed by atoms with Crippen LogP contribution in [0.4, 0.5) is 0 Å². The molecule has 17 heavy (non-hydrogen) atoms. The van der Waals surface area contributed by atoms with Gasteiger partial charge >= 0.3 is 0 Å². The number of rotatable bonds is 4. The lowest BCUT2D eigenvalue weighted by atomic mass is 10.4. The number of halogens is 2. The standard InChI is InChI=1S/C10H10Cl2N4O/c11-8-6-14-16(10(17)9(8)12)4-1-3-15-5-2-13-7-15/h2,5-7H,1,3-4H2. The van der Waals surface area contributed by atoms with Crippen molar-refractivity contribution in [1.82, 2.24) is 19.3 Å². The Morgan fingerprint density at radius 2 is 2.12 bits per heavy atom. The predicted molar refractivity (Wildman–Crippen MR) is 65.4 cm³/mol. The molecule has 0 amide bonds. The quantitative estimate of drug-likeness (QED) is 0.854. The molecule has 2 heterocycles. The molecule has 2 aromatic rings. The Morgan fingerprint density at radius 3 is 2.82 bits per heavy atom. The van der Waals surface area contributed by atoms with Gasteiger partial charge in [-0.3, -0.25) is 4.79 Å². The summed E-state index contributed by atoms with van der Waals surface area (Å²) in [6, 6.07) is 0. The number of aromatic nitrogens is 4. The van der Waals surface area contributed by atoms with E-state index >= 15 is 0 Å². The van der Waals surface area contributed by atoms with E-state index in [9.17, 15) is 4.79 Å². The molecule has 0 aliphatic carbocycles. The molecule has 2 rings (SSSR count). The molecule has 0 unspecified atom stereocenters. The summed E-state index contributed by atoms with van der Waals surface area (Å²) in [6.45, 7) is 1.27. The fraction of sp³-hybridized carbons (Fsp3) is 0.300. The molecular weight excluding hydrogens is 263 g/mol. The fourth-order valence-corrected chi connectivity index (χ4v) is 1.70. The van der Waals surface area contributed by atoms with E-state index in [2.05, 4.69) is 10.1 Å². The highest BCUT2D eigenvalue weighted by molar-refractivity contribution is 6.41. The number of hydrogen-bond acceptors (Lipinski definition) is 3. The zero-order chi connectivity index (χ0) is 12.3. The molecule has 0 N–H and O–H groups in total. The first-order valence-electron chi connectivity index (χ1n) is 5.05. The van der Waals surface area contributed by atoms with Crippen molar-refractivity contribution < 1.29 is 0 Å². The third-order valence-electron chi connectivity index (χ3n) is 2.29. The maximum atomic E-state index is 11.6. The van der Waals surface area contributed by atoms with Crippen LogP contribution in [0, 0.1) is 0 Å². The molecule has 0 aromatic carbocycles. The molecule has 2 aromatic heterocycles. The van der Waals surface area contributed by atoms with Crippen LogP contribution in [0.15, 0.2) is 29.7 Å². The van der Waals surface area contributed by atoms with E-state index < -0.39 is 0 Å². The van der Waals surface area contributed by atoms with Gasteiger partial charge in [0.25, 0.3) is 5.56 Å². The fourth-order valence-electron chi connectivity index (χ4n) is 1.43. The highest BCUT2D eigenvalue weighted by Gasteiger charge is 2.06. The number of nitrogens with zero attached hydrogens (tertiary/aromatic N) is 4. The lowest BCUT2D eigenvalue weighted by Crippen LogP contribution is -2.23. The Hall–Kier alpha value is -1.33. The minimum atomic E-state index is -0.357. The van der Waals surface area contributed by atoms with Gasteiger partial charge in [-0.25, -0.2) is 9.67 Å². The SMILES string of the molecule is O=c1c(Cl)c(Cl)cnn1CCCn1ccnc1. The lowest BCUT2D eigenvalue weighted by Gasteiger charge is -2.05. The lowest BCUT2D eigenvalue weighted by molar-refractivity contribution is 0.507. The Labute approximate surface area is 108 Å². The van der Waals surface area contributed by atoms with Crippen LogP contribution in [-0.4, -0.2) is 19.3 Å². The summed E-state index contributed by atoms with van der Waals surface area (Å²) < 4.78 is 3.24. The van der Waals surface area contributed by atoms with Gasteiger partial charge < -0.3 is 4.57 Å². The third kappa shape index (κ3) is 2.87. The first kappa shape index (κ1) is 12.1. The monoisotopic (exact) mass is 272 g/mol. The van der Waals surface area contributed by atoms with E-state index in [0.717, 1.165) is 13.0 Å². The van der Waals surface area contributed by atoms with Crippen molar-refractivity contribution >= 4 is 23.2 Å². The van der Waals surface area contributed by atoms with Gasteiger partial charge in [0.1, 0.15) is 5.02 Å². The van der Waals surface area contributed by atoms with Crippen LogP contribution < -0.4 is 5.56 Å². The predicted octanol–water partition coefficient (Wildman–Crippen LogP) is 1.84. The van der Waals surface area contributed by atoms with Gasteiger partial charge in [-0.05, 0) is 6.42 Å². The Bertz CT molecular complexity index is 550. The average Bonchev–Trinajstić information content (AvgIpc) is 2.82. The van der Waals surface area contributed by atoms with Crippen molar-refractivity contribution in [3.63, 3.8) is 0 Å². The minimum absolute atomic E-state index is 0.0179. The van der Waals surface area contributed by atoms with Crippen molar-refractivity contribution in [2.24, 2.45) is 0 Å². The molecule has 0 saturated carbocycles. The van der Waals surface area contributed by atoms with Crippen molar-refractivity contribution in [2.45, 2.75) is 19.5 Å². The van der Waals surface area contributed by atoms with E-state index in [1.165, 1.54) is 10.9 Å². The van der Waals surface area contributed by atoms with Crippen LogP contribution in [0.2, 0.25) is 10.0 Å². The van der Waals surface area contributed by atoms with Crippen molar-refractivity contribution in [3.8, 4) is 0 Å². The van der Waals surface area contributed by atoms with Gasteiger partial charge in [0.15, 0.2) is 0 Å². The number of aryl methyl sites for hydroxylation is 2. The zero-order valence-corrected chi connectivity index (χ0v) is 10.4. The summed E-state index contributed by atoms with van der Waals surface area (Å²) in [7, 11) is 0. The molecule has 90 valence electrons. The van der Waals surface area contributed by atoms with Gasteiger partial charge in [0.2, 0.25) is 0 Å². The molecule has 0 radical (unpaired) electrons. The summed E-state index contributed by atoms with van der Waals surface area (Å²) in [5, 5.41) is 4.12. The summed E-state index contributed by atoms with van der Waals surface area (Å²) in [5.74, 6) is 0. The molecule has 0 bridgehead atoms. The normalized spacial score (nSPS) is 10.7. The molecule has 0 aliphatic heterocycles. The average molecular weight is 273 g/mol. The first-order valence-corrected chi connectivity index (χ1v) is 5.81.